The summed E-state index contributed by atoms with van der Waals surface area (Å²) >= 11 is 0. The van der Waals surface area contributed by atoms with Gasteiger partial charge in [-0.3, -0.25) is 9.69 Å². The van der Waals surface area contributed by atoms with Crippen LogP contribution >= 0.6 is 0 Å². The summed E-state index contributed by atoms with van der Waals surface area (Å²) in [7, 11) is 0. The summed E-state index contributed by atoms with van der Waals surface area (Å²) < 4.78 is 5.99. The third-order valence-electron chi connectivity index (χ3n) is 4.46. The van der Waals surface area contributed by atoms with E-state index in [4.69, 9.17) is 10.5 Å². The van der Waals surface area contributed by atoms with Crippen LogP contribution in [0.15, 0.2) is 18.2 Å². The predicted octanol–water partition coefficient (Wildman–Crippen LogP) is 2.66. The lowest BCUT2D eigenvalue weighted by atomic mass is 9.90. The molecule has 6 heteroatoms. The molecule has 0 saturated heterocycles. The van der Waals surface area contributed by atoms with E-state index in [1.165, 1.54) is 4.90 Å². The number of ether oxygens (including phenoxy) is 1. The van der Waals surface area contributed by atoms with Crippen LogP contribution in [0.5, 0.6) is 5.75 Å². The number of fused-ring (bicyclic) bond motifs is 1. The summed E-state index contributed by atoms with van der Waals surface area (Å²) in [6.07, 6.45) is 0.931. The minimum atomic E-state index is -1.04. The molecule has 0 fully saturated rings. The number of aliphatic carboxylic acids is 1. The molecule has 1 heterocycles. The van der Waals surface area contributed by atoms with E-state index >= 15 is 0 Å². The quantitative estimate of drug-likeness (QED) is 0.814. The van der Waals surface area contributed by atoms with Crippen molar-refractivity contribution in [2.75, 3.05) is 10.6 Å². The summed E-state index contributed by atoms with van der Waals surface area (Å²) in [6.45, 7) is 7.31. The van der Waals surface area contributed by atoms with Gasteiger partial charge in [0, 0.05) is 5.69 Å². The first kappa shape index (κ1) is 17.1. The zero-order valence-corrected chi connectivity index (χ0v) is 14.0. The third-order valence-corrected chi connectivity index (χ3v) is 4.46. The molecule has 126 valence electrons. The minimum absolute atomic E-state index is 0.254. The molecule has 6 nitrogen and oxygen atoms in total. The number of hydrogen-bond donors (Lipinski definition) is 2. The number of hydrogen-bond acceptors (Lipinski definition) is 4. The lowest BCUT2D eigenvalue weighted by Crippen LogP contribution is -2.61. The molecule has 2 rings (SSSR count). The fourth-order valence-electron chi connectivity index (χ4n) is 3.06. The molecule has 1 aromatic rings. The fraction of sp³-hybridized carbons (Fsp3) is 0.529. The standard InChI is InChI=1S/C17H24N2O4/c1-5-17(6-2)16(22)19(14(10(3)4)15(20)21)12-9-11(18)7-8-13(12)23-17/h7-10,14H,5-6,18H2,1-4H3,(H,20,21). The molecule has 1 aromatic carbocycles. The third kappa shape index (κ3) is 2.73. The van der Waals surface area contributed by atoms with E-state index in [0.717, 1.165) is 0 Å². The number of carboxylic acids is 1. The van der Waals surface area contributed by atoms with Crippen molar-refractivity contribution in [2.24, 2.45) is 5.92 Å². The second kappa shape index (κ2) is 6.10. The van der Waals surface area contributed by atoms with Crippen LogP contribution in [-0.2, 0) is 9.59 Å². The Balaban J connectivity index is 2.68. The number of rotatable bonds is 5. The average molecular weight is 320 g/mol. The molecule has 1 aliphatic rings. The summed E-state index contributed by atoms with van der Waals surface area (Å²) in [5, 5.41) is 9.66. The average Bonchev–Trinajstić information content (AvgIpc) is 2.49. The number of carbonyl (C=O) groups is 2. The van der Waals surface area contributed by atoms with Crippen LogP contribution in [-0.4, -0.2) is 28.6 Å². The highest BCUT2D eigenvalue weighted by atomic mass is 16.5. The van der Waals surface area contributed by atoms with Gasteiger partial charge in [-0.1, -0.05) is 27.7 Å². The van der Waals surface area contributed by atoms with E-state index in [2.05, 4.69) is 0 Å². The van der Waals surface area contributed by atoms with E-state index in [1.54, 1.807) is 32.0 Å². The van der Waals surface area contributed by atoms with E-state index < -0.39 is 17.6 Å². The number of benzene rings is 1. The number of nitrogens with two attached hydrogens (primary N) is 1. The number of anilines is 2. The van der Waals surface area contributed by atoms with E-state index in [-0.39, 0.29) is 11.8 Å². The summed E-state index contributed by atoms with van der Waals surface area (Å²) in [5.41, 5.74) is 5.68. The van der Waals surface area contributed by atoms with Crippen LogP contribution in [0.1, 0.15) is 40.5 Å². The largest absolute Gasteiger partial charge is 0.480 e. The first-order valence-corrected chi connectivity index (χ1v) is 7.92. The van der Waals surface area contributed by atoms with Crippen LogP contribution in [0.4, 0.5) is 11.4 Å². The molecule has 0 aromatic heterocycles. The Morgan fingerprint density at radius 1 is 1.35 bits per heavy atom. The molecule has 1 unspecified atom stereocenters. The van der Waals surface area contributed by atoms with Crippen LogP contribution in [0, 0.1) is 5.92 Å². The maximum absolute atomic E-state index is 13.1. The molecule has 0 aliphatic carbocycles. The molecule has 1 amide bonds. The molecule has 23 heavy (non-hydrogen) atoms. The van der Waals surface area contributed by atoms with Gasteiger partial charge in [-0.05, 0) is 37.0 Å². The molecule has 1 atom stereocenters. The van der Waals surface area contributed by atoms with E-state index in [0.29, 0.717) is 30.0 Å². The van der Waals surface area contributed by atoms with Gasteiger partial charge in [0.25, 0.3) is 5.91 Å². The Morgan fingerprint density at radius 3 is 2.43 bits per heavy atom. The number of carbonyl (C=O) groups excluding carboxylic acids is 1. The van der Waals surface area contributed by atoms with Crippen molar-refractivity contribution in [3.8, 4) is 5.75 Å². The van der Waals surface area contributed by atoms with E-state index in [9.17, 15) is 14.7 Å². The minimum Gasteiger partial charge on any atom is -0.480 e. The SMILES string of the molecule is CCC1(CC)Oc2ccc(N)cc2N(C(C(=O)O)C(C)C)C1=O. The van der Waals surface area contributed by atoms with Gasteiger partial charge in [0.2, 0.25) is 0 Å². The zero-order valence-electron chi connectivity index (χ0n) is 14.0. The first-order valence-electron chi connectivity index (χ1n) is 7.92. The molecule has 0 spiro atoms. The smallest absolute Gasteiger partial charge is 0.327 e. The van der Waals surface area contributed by atoms with Crippen LogP contribution < -0.4 is 15.4 Å². The highest BCUT2D eigenvalue weighted by Crippen LogP contribution is 2.43. The van der Waals surface area contributed by atoms with Crippen molar-refractivity contribution in [3.63, 3.8) is 0 Å². The molecule has 3 N–H and O–H groups in total. The number of nitrogens with zero attached hydrogens (tertiary/aromatic N) is 1. The second-order valence-corrected chi connectivity index (χ2v) is 6.23. The van der Waals surface area contributed by atoms with Crippen molar-refractivity contribution < 1.29 is 19.4 Å². The van der Waals surface area contributed by atoms with Crippen LogP contribution in [0.2, 0.25) is 0 Å². The van der Waals surface area contributed by atoms with Gasteiger partial charge in [-0.2, -0.15) is 0 Å². The lowest BCUT2D eigenvalue weighted by Gasteiger charge is -2.44. The van der Waals surface area contributed by atoms with Crippen molar-refractivity contribution in [1.82, 2.24) is 0 Å². The van der Waals surface area contributed by atoms with Crippen LogP contribution in [0.3, 0.4) is 0 Å². The van der Waals surface area contributed by atoms with Crippen molar-refractivity contribution in [1.29, 1.82) is 0 Å². The fourth-order valence-corrected chi connectivity index (χ4v) is 3.06. The summed E-state index contributed by atoms with van der Waals surface area (Å²) in [4.78, 5) is 26.3. The maximum Gasteiger partial charge on any atom is 0.327 e. The van der Waals surface area contributed by atoms with Gasteiger partial charge in [0.05, 0.1) is 5.69 Å². The number of amides is 1. The zero-order chi connectivity index (χ0) is 17.4. The lowest BCUT2D eigenvalue weighted by molar-refractivity contribution is -0.145. The topological polar surface area (TPSA) is 92.9 Å². The van der Waals surface area contributed by atoms with Gasteiger partial charge in [0.15, 0.2) is 5.60 Å². The van der Waals surface area contributed by atoms with Gasteiger partial charge in [-0.25, -0.2) is 4.79 Å². The van der Waals surface area contributed by atoms with Crippen molar-refractivity contribution in [2.45, 2.75) is 52.2 Å². The van der Waals surface area contributed by atoms with Crippen molar-refractivity contribution >= 4 is 23.3 Å². The molecular weight excluding hydrogens is 296 g/mol. The predicted molar refractivity (Wildman–Crippen MR) is 88.5 cm³/mol. The maximum atomic E-state index is 13.1. The first-order chi connectivity index (χ1) is 10.8. The van der Waals surface area contributed by atoms with Gasteiger partial charge < -0.3 is 15.6 Å². The van der Waals surface area contributed by atoms with E-state index in [1.807, 2.05) is 13.8 Å². The number of carboxylic acid groups (broad SMARTS) is 1. The number of nitrogen functional groups attached to an aromatic ring is 1. The Kier molecular flexibility index (Phi) is 4.54. The Bertz CT molecular complexity index is 623. The van der Waals surface area contributed by atoms with Gasteiger partial charge in [0.1, 0.15) is 11.8 Å². The molecular formula is C17H24N2O4. The highest BCUT2D eigenvalue weighted by Gasteiger charge is 2.50. The van der Waals surface area contributed by atoms with Crippen molar-refractivity contribution in [3.05, 3.63) is 18.2 Å². The van der Waals surface area contributed by atoms with Crippen LogP contribution in [0.25, 0.3) is 0 Å². The normalized spacial score (nSPS) is 17.6. The molecule has 1 aliphatic heterocycles. The summed E-state index contributed by atoms with van der Waals surface area (Å²) in [5.74, 6) is -1.11. The Morgan fingerprint density at radius 2 is 1.96 bits per heavy atom. The molecule has 0 bridgehead atoms. The van der Waals surface area contributed by atoms with Gasteiger partial charge >= 0.3 is 5.97 Å². The second-order valence-electron chi connectivity index (χ2n) is 6.23. The highest BCUT2D eigenvalue weighted by molar-refractivity contribution is 6.07. The molecule has 0 saturated carbocycles. The Labute approximate surface area is 136 Å². The van der Waals surface area contributed by atoms with Gasteiger partial charge in [-0.15, -0.1) is 0 Å². The monoisotopic (exact) mass is 320 g/mol. The molecule has 0 radical (unpaired) electrons. The summed E-state index contributed by atoms with van der Waals surface area (Å²) in [6, 6.07) is 4.02. The Hall–Kier alpha value is -2.24.